The molecular weight excluding hydrogens is 280 g/mol. The molecule has 0 nitrogen and oxygen atoms in total. The van der Waals surface area contributed by atoms with Gasteiger partial charge in [0.25, 0.3) is 0 Å². The Bertz CT molecular complexity index is 578. The van der Waals surface area contributed by atoms with Gasteiger partial charge in [0.15, 0.2) is 0 Å². The molecule has 0 aliphatic heterocycles. The lowest BCUT2D eigenvalue weighted by atomic mass is 9.89. The fraction of sp³-hybridized carbons (Fsp3) is 0.333. The minimum Gasteiger partial charge on any atom is -0.104 e. The van der Waals surface area contributed by atoms with Gasteiger partial charge in [-0.1, -0.05) is 85.5 Å². The van der Waals surface area contributed by atoms with E-state index in [0.29, 0.717) is 5.92 Å². The lowest BCUT2D eigenvalue weighted by molar-refractivity contribution is 0.626. The van der Waals surface area contributed by atoms with Gasteiger partial charge in [0.05, 0.1) is 8.07 Å². The van der Waals surface area contributed by atoms with Gasteiger partial charge in [-0.25, -0.2) is 0 Å². The van der Waals surface area contributed by atoms with Crippen molar-refractivity contribution in [2.75, 3.05) is 0 Å². The molecule has 2 aromatic rings. The average molecular weight is 309 g/mol. The van der Waals surface area contributed by atoms with Crippen LogP contribution < -0.4 is 0 Å². The second kappa shape index (κ2) is 7.60. The third-order valence-electron chi connectivity index (χ3n) is 4.45. The summed E-state index contributed by atoms with van der Waals surface area (Å²) in [5.41, 5.74) is 2.89. The van der Waals surface area contributed by atoms with Crippen molar-refractivity contribution in [1.82, 2.24) is 0 Å². The van der Waals surface area contributed by atoms with Crippen LogP contribution in [0.1, 0.15) is 29.9 Å². The van der Waals surface area contributed by atoms with Crippen molar-refractivity contribution in [2.45, 2.75) is 44.8 Å². The first kappa shape index (κ1) is 16.8. The summed E-state index contributed by atoms with van der Waals surface area (Å²) in [6.45, 7) is 11.6. The number of hydrogen-bond acceptors (Lipinski definition) is 0. The van der Waals surface area contributed by atoms with Crippen LogP contribution >= 0.6 is 0 Å². The van der Waals surface area contributed by atoms with Crippen molar-refractivity contribution in [3.63, 3.8) is 0 Å². The maximum absolute atomic E-state index is 4.41. The van der Waals surface area contributed by atoms with E-state index in [1.807, 2.05) is 0 Å². The number of rotatable bonds is 7. The number of aryl methyl sites for hydroxylation is 1. The van der Waals surface area contributed by atoms with E-state index in [2.05, 4.69) is 86.9 Å². The van der Waals surface area contributed by atoms with Crippen molar-refractivity contribution in [3.8, 4) is 0 Å². The Hall–Kier alpha value is -1.60. The number of hydrogen-bond donors (Lipinski definition) is 0. The molecule has 0 bridgehead atoms. The van der Waals surface area contributed by atoms with Crippen LogP contribution in [0.4, 0.5) is 0 Å². The Balaban J connectivity index is 2.10. The lowest BCUT2D eigenvalue weighted by Crippen LogP contribution is -2.24. The first-order chi connectivity index (χ1) is 10.5. The smallest absolute Gasteiger partial charge is 0.0716 e. The molecule has 1 atom stereocenters. The molecule has 0 aromatic heterocycles. The molecule has 2 rings (SSSR count). The molecule has 0 radical (unpaired) electrons. The van der Waals surface area contributed by atoms with Gasteiger partial charge in [-0.05, 0) is 36.3 Å². The third kappa shape index (κ3) is 4.99. The van der Waals surface area contributed by atoms with Crippen LogP contribution in [-0.4, -0.2) is 8.07 Å². The molecule has 0 fully saturated rings. The summed E-state index contributed by atoms with van der Waals surface area (Å²) in [6.07, 6.45) is 3.46. The van der Waals surface area contributed by atoms with Crippen LogP contribution in [0.2, 0.25) is 19.6 Å². The molecule has 0 aliphatic rings. The predicted molar refractivity (Wildman–Crippen MR) is 101 cm³/mol. The average Bonchev–Trinajstić information content (AvgIpc) is 2.52. The highest BCUT2D eigenvalue weighted by molar-refractivity contribution is 6.82. The van der Waals surface area contributed by atoms with E-state index in [1.165, 1.54) is 22.7 Å². The van der Waals surface area contributed by atoms with Crippen molar-refractivity contribution in [1.29, 1.82) is 0 Å². The van der Waals surface area contributed by atoms with Gasteiger partial charge in [0, 0.05) is 0 Å². The second-order valence-electron chi connectivity index (χ2n) is 7.19. The summed E-state index contributed by atoms with van der Waals surface area (Å²) in [5, 5.41) is 1.48. The molecule has 0 spiro atoms. The minimum absolute atomic E-state index is 0.584. The van der Waals surface area contributed by atoms with Crippen molar-refractivity contribution in [3.05, 3.63) is 83.6 Å². The summed E-state index contributed by atoms with van der Waals surface area (Å²) in [6, 6.07) is 21.8. The van der Waals surface area contributed by atoms with Gasteiger partial charge >= 0.3 is 0 Å². The zero-order valence-corrected chi connectivity index (χ0v) is 15.2. The highest BCUT2D eigenvalue weighted by Crippen LogP contribution is 2.31. The quantitative estimate of drug-likeness (QED) is 0.532. The largest absolute Gasteiger partial charge is 0.104 e. The zero-order chi connectivity index (χ0) is 16.0. The van der Waals surface area contributed by atoms with Crippen molar-refractivity contribution in [2.24, 2.45) is 0 Å². The molecule has 0 N–H and O–H groups in total. The van der Waals surface area contributed by atoms with Crippen LogP contribution in [0, 0.1) is 0 Å². The Morgan fingerprint density at radius 3 is 2.00 bits per heavy atom. The second-order valence-corrected chi connectivity index (χ2v) is 12.4. The number of benzene rings is 2. The fourth-order valence-corrected chi connectivity index (χ4v) is 3.56. The van der Waals surface area contributed by atoms with Crippen LogP contribution in [-0.2, 0) is 6.42 Å². The number of allylic oxidation sites excluding steroid dienone is 1. The molecule has 22 heavy (non-hydrogen) atoms. The van der Waals surface area contributed by atoms with E-state index in [4.69, 9.17) is 0 Å². The maximum Gasteiger partial charge on any atom is 0.0716 e. The van der Waals surface area contributed by atoms with Gasteiger partial charge in [-0.3, -0.25) is 0 Å². The molecule has 2 aromatic carbocycles. The maximum atomic E-state index is 4.41. The summed E-state index contributed by atoms with van der Waals surface area (Å²) in [7, 11) is -1.26. The molecule has 0 saturated heterocycles. The highest BCUT2D eigenvalue weighted by Gasteiger charge is 2.22. The predicted octanol–water partition coefficient (Wildman–Crippen LogP) is 6.23. The van der Waals surface area contributed by atoms with E-state index in [9.17, 15) is 0 Å². The van der Waals surface area contributed by atoms with E-state index in [1.54, 1.807) is 0 Å². The Kier molecular flexibility index (Phi) is 5.79. The highest BCUT2D eigenvalue weighted by atomic mass is 28.3. The molecule has 0 aliphatic carbocycles. The van der Waals surface area contributed by atoms with Crippen LogP contribution in [0.3, 0.4) is 0 Å². The summed E-state index contributed by atoms with van der Waals surface area (Å²) in [4.78, 5) is 0. The Morgan fingerprint density at radius 2 is 1.45 bits per heavy atom. The molecule has 0 saturated carbocycles. The fourth-order valence-electron chi connectivity index (χ4n) is 2.70. The molecule has 0 amide bonds. The molecular formula is C21H28Si. The minimum atomic E-state index is -1.26. The standard InChI is InChI=1S/C21H28Si/c1-18(22(2,3)4)17-21(20-13-9-6-10-14-20)16-15-19-11-7-5-8-12-19/h5-14,21H,1,15-17H2,2-4H3. The zero-order valence-electron chi connectivity index (χ0n) is 14.2. The van der Waals surface area contributed by atoms with Gasteiger partial charge in [0.2, 0.25) is 0 Å². The van der Waals surface area contributed by atoms with Crippen molar-refractivity contribution < 1.29 is 0 Å². The Morgan fingerprint density at radius 1 is 0.909 bits per heavy atom. The Labute approximate surface area is 136 Å². The topological polar surface area (TPSA) is 0 Å². The van der Waals surface area contributed by atoms with Gasteiger partial charge in [-0.15, -0.1) is 6.58 Å². The van der Waals surface area contributed by atoms with Crippen LogP contribution in [0.5, 0.6) is 0 Å². The summed E-state index contributed by atoms with van der Waals surface area (Å²) >= 11 is 0. The molecule has 116 valence electrons. The first-order valence-corrected chi connectivity index (χ1v) is 11.7. The third-order valence-corrected chi connectivity index (χ3v) is 6.77. The lowest BCUT2D eigenvalue weighted by Gasteiger charge is -2.25. The van der Waals surface area contributed by atoms with Gasteiger partial charge in [0.1, 0.15) is 0 Å². The summed E-state index contributed by atoms with van der Waals surface area (Å²) in [5.74, 6) is 0.584. The summed E-state index contributed by atoms with van der Waals surface area (Å²) < 4.78 is 0. The molecule has 1 heteroatoms. The van der Waals surface area contributed by atoms with E-state index < -0.39 is 8.07 Å². The monoisotopic (exact) mass is 308 g/mol. The first-order valence-electron chi connectivity index (χ1n) is 8.24. The molecule has 0 heterocycles. The van der Waals surface area contributed by atoms with Crippen LogP contribution in [0.15, 0.2) is 72.4 Å². The van der Waals surface area contributed by atoms with E-state index in [-0.39, 0.29) is 0 Å². The van der Waals surface area contributed by atoms with Gasteiger partial charge < -0.3 is 0 Å². The van der Waals surface area contributed by atoms with E-state index >= 15 is 0 Å². The van der Waals surface area contributed by atoms with E-state index in [0.717, 1.165) is 12.8 Å². The normalized spacial score (nSPS) is 12.9. The van der Waals surface area contributed by atoms with Gasteiger partial charge in [-0.2, -0.15) is 0 Å². The molecule has 1 unspecified atom stereocenters. The SMILES string of the molecule is C=C(CC(CCc1ccccc1)c1ccccc1)[Si](C)(C)C. The van der Waals surface area contributed by atoms with Crippen molar-refractivity contribution >= 4 is 8.07 Å². The van der Waals surface area contributed by atoms with Crippen LogP contribution in [0.25, 0.3) is 0 Å².